The summed E-state index contributed by atoms with van der Waals surface area (Å²) >= 11 is 0. The van der Waals surface area contributed by atoms with Gasteiger partial charge in [-0.2, -0.15) is 0 Å². The van der Waals surface area contributed by atoms with Crippen LogP contribution >= 0.6 is 0 Å². The van der Waals surface area contributed by atoms with E-state index in [4.69, 9.17) is 19.7 Å². The van der Waals surface area contributed by atoms with Gasteiger partial charge in [-0.3, -0.25) is 9.59 Å². The minimum atomic E-state index is -0.186. The second kappa shape index (κ2) is 16.7. The predicted octanol–water partition coefficient (Wildman–Crippen LogP) is 2.59. The van der Waals surface area contributed by atoms with Gasteiger partial charge >= 0.3 is 11.9 Å². The van der Waals surface area contributed by atoms with Gasteiger partial charge in [0.25, 0.3) is 0 Å². The van der Waals surface area contributed by atoms with Crippen LogP contribution in [0.1, 0.15) is 71.1 Å². The van der Waals surface area contributed by atoms with E-state index in [1.54, 1.807) is 0 Å². The molecular weight excluding hydrogens is 312 g/mol. The van der Waals surface area contributed by atoms with E-state index in [1.807, 2.05) is 6.92 Å². The van der Waals surface area contributed by atoms with E-state index in [9.17, 15) is 9.59 Å². The highest BCUT2D eigenvalue weighted by Crippen LogP contribution is 2.09. The van der Waals surface area contributed by atoms with E-state index in [0.29, 0.717) is 32.0 Å². The number of hydrogen-bond donors (Lipinski definition) is 2. The molecular formula is C18H34O6. The molecule has 0 rings (SSSR count). The van der Waals surface area contributed by atoms with Crippen molar-refractivity contribution in [3.63, 3.8) is 0 Å². The largest absolute Gasteiger partial charge is 0.466 e. The minimum absolute atomic E-state index is 0.166. The summed E-state index contributed by atoms with van der Waals surface area (Å²) in [5.41, 5.74) is 0. The zero-order chi connectivity index (χ0) is 18.0. The van der Waals surface area contributed by atoms with Crippen molar-refractivity contribution < 1.29 is 29.3 Å². The maximum Gasteiger partial charge on any atom is 0.305 e. The lowest BCUT2D eigenvalue weighted by Crippen LogP contribution is -2.12. The van der Waals surface area contributed by atoms with Crippen LogP contribution in [0.4, 0.5) is 0 Å². The first-order valence-electron chi connectivity index (χ1n) is 9.13. The van der Waals surface area contributed by atoms with E-state index in [2.05, 4.69) is 0 Å². The molecule has 0 saturated carbocycles. The van der Waals surface area contributed by atoms with Gasteiger partial charge in [-0.05, 0) is 44.4 Å². The zero-order valence-corrected chi connectivity index (χ0v) is 15.0. The maximum absolute atomic E-state index is 11.5. The summed E-state index contributed by atoms with van der Waals surface area (Å²) in [4.78, 5) is 22.9. The highest BCUT2D eigenvalue weighted by molar-refractivity contribution is 5.69. The molecule has 0 atom stereocenters. The standard InChI is InChI=1S/C18H34O6/c1-16(10-14-23-17(21)8-4-2-6-12-19)11-15-24-18(22)9-5-3-7-13-20/h16,19-20H,2-15H2,1H3. The third-order valence-corrected chi connectivity index (χ3v) is 3.83. The molecule has 0 amide bonds. The van der Waals surface area contributed by atoms with Crippen LogP contribution in [-0.2, 0) is 19.1 Å². The number of esters is 2. The van der Waals surface area contributed by atoms with Crippen molar-refractivity contribution in [1.29, 1.82) is 0 Å². The molecule has 0 bridgehead atoms. The van der Waals surface area contributed by atoms with Crippen LogP contribution in [0.15, 0.2) is 0 Å². The SMILES string of the molecule is CC(CCOC(=O)CCCCCO)CCOC(=O)CCCCCO. The van der Waals surface area contributed by atoms with Gasteiger partial charge < -0.3 is 19.7 Å². The molecule has 0 aliphatic heterocycles. The van der Waals surface area contributed by atoms with Crippen molar-refractivity contribution in [2.75, 3.05) is 26.4 Å². The summed E-state index contributed by atoms with van der Waals surface area (Å²) in [6, 6.07) is 0. The number of unbranched alkanes of at least 4 members (excludes halogenated alkanes) is 4. The number of aliphatic hydroxyl groups is 2. The van der Waals surface area contributed by atoms with Gasteiger partial charge in [0.1, 0.15) is 0 Å². The second-order valence-electron chi connectivity index (χ2n) is 6.19. The Bertz CT molecular complexity index is 289. The molecule has 0 unspecified atom stereocenters. The highest BCUT2D eigenvalue weighted by Gasteiger charge is 2.08. The molecule has 0 radical (unpaired) electrons. The number of rotatable bonds is 16. The first kappa shape index (κ1) is 22.9. The summed E-state index contributed by atoms with van der Waals surface area (Å²) in [7, 11) is 0. The van der Waals surface area contributed by atoms with Crippen molar-refractivity contribution in [2.45, 2.75) is 71.1 Å². The molecule has 2 N–H and O–H groups in total. The van der Waals surface area contributed by atoms with E-state index in [-0.39, 0.29) is 25.2 Å². The number of hydrogen-bond acceptors (Lipinski definition) is 6. The van der Waals surface area contributed by atoms with Gasteiger partial charge in [-0.15, -0.1) is 0 Å². The summed E-state index contributed by atoms with van der Waals surface area (Å²) in [6.45, 7) is 3.17. The Hall–Kier alpha value is -1.14. The van der Waals surface area contributed by atoms with Crippen molar-refractivity contribution in [1.82, 2.24) is 0 Å². The average molecular weight is 346 g/mol. The summed E-state index contributed by atoms with van der Waals surface area (Å²) in [5.74, 6) is -0.0433. The molecule has 0 heterocycles. The Kier molecular flexibility index (Phi) is 15.9. The first-order valence-corrected chi connectivity index (χ1v) is 9.13. The molecule has 0 fully saturated rings. The van der Waals surface area contributed by atoms with Crippen LogP contribution in [0, 0.1) is 5.92 Å². The van der Waals surface area contributed by atoms with Crippen molar-refractivity contribution in [3.05, 3.63) is 0 Å². The molecule has 0 aliphatic rings. The van der Waals surface area contributed by atoms with Crippen molar-refractivity contribution in [2.24, 2.45) is 5.92 Å². The molecule has 0 aliphatic carbocycles. The Balaban J connectivity index is 3.47. The molecule has 0 aromatic rings. The fourth-order valence-corrected chi connectivity index (χ4v) is 2.15. The van der Waals surface area contributed by atoms with Gasteiger partial charge in [0.05, 0.1) is 13.2 Å². The van der Waals surface area contributed by atoms with Crippen LogP contribution in [0.2, 0.25) is 0 Å². The van der Waals surface area contributed by atoms with Crippen molar-refractivity contribution >= 4 is 11.9 Å². The molecule has 0 saturated heterocycles. The highest BCUT2D eigenvalue weighted by atomic mass is 16.5. The van der Waals surface area contributed by atoms with Gasteiger partial charge in [-0.1, -0.05) is 19.8 Å². The van der Waals surface area contributed by atoms with E-state index in [0.717, 1.165) is 51.4 Å². The zero-order valence-electron chi connectivity index (χ0n) is 15.0. The topological polar surface area (TPSA) is 93.1 Å². The number of carbonyl (C=O) groups excluding carboxylic acids is 2. The van der Waals surface area contributed by atoms with Gasteiger partial charge in [0.15, 0.2) is 0 Å². The lowest BCUT2D eigenvalue weighted by atomic mass is 10.1. The van der Waals surface area contributed by atoms with Gasteiger partial charge in [-0.25, -0.2) is 0 Å². The Morgan fingerprint density at radius 1 is 0.750 bits per heavy atom. The smallest absolute Gasteiger partial charge is 0.305 e. The number of ether oxygens (including phenoxy) is 2. The first-order chi connectivity index (χ1) is 11.6. The quantitative estimate of drug-likeness (QED) is 0.330. The molecule has 142 valence electrons. The Morgan fingerprint density at radius 3 is 1.54 bits per heavy atom. The monoisotopic (exact) mass is 346 g/mol. The van der Waals surface area contributed by atoms with Crippen LogP contribution in [0.3, 0.4) is 0 Å². The molecule has 6 nitrogen and oxygen atoms in total. The molecule has 0 aromatic heterocycles. The van der Waals surface area contributed by atoms with Crippen LogP contribution in [0.25, 0.3) is 0 Å². The third kappa shape index (κ3) is 15.7. The van der Waals surface area contributed by atoms with Crippen LogP contribution in [-0.4, -0.2) is 48.6 Å². The van der Waals surface area contributed by atoms with Crippen molar-refractivity contribution in [3.8, 4) is 0 Å². The van der Waals surface area contributed by atoms with E-state index in [1.165, 1.54) is 0 Å². The second-order valence-corrected chi connectivity index (χ2v) is 6.19. The van der Waals surface area contributed by atoms with Crippen LogP contribution < -0.4 is 0 Å². The maximum atomic E-state index is 11.5. The molecule has 6 heteroatoms. The Morgan fingerprint density at radius 2 is 1.17 bits per heavy atom. The lowest BCUT2D eigenvalue weighted by Gasteiger charge is -2.12. The molecule has 0 aromatic carbocycles. The normalized spacial score (nSPS) is 10.8. The summed E-state index contributed by atoms with van der Waals surface area (Å²) in [6.07, 6.45) is 6.97. The average Bonchev–Trinajstić information content (AvgIpc) is 2.55. The predicted molar refractivity (Wildman–Crippen MR) is 91.4 cm³/mol. The summed E-state index contributed by atoms with van der Waals surface area (Å²) in [5, 5.41) is 17.3. The van der Waals surface area contributed by atoms with Gasteiger partial charge in [0, 0.05) is 26.1 Å². The summed E-state index contributed by atoms with van der Waals surface area (Å²) < 4.78 is 10.3. The fraction of sp³-hybridized carbons (Fsp3) is 0.889. The van der Waals surface area contributed by atoms with Gasteiger partial charge in [0.2, 0.25) is 0 Å². The number of aliphatic hydroxyl groups excluding tert-OH is 2. The Labute approximate surface area is 145 Å². The van der Waals surface area contributed by atoms with E-state index < -0.39 is 0 Å². The third-order valence-electron chi connectivity index (χ3n) is 3.83. The number of carbonyl (C=O) groups is 2. The molecule has 24 heavy (non-hydrogen) atoms. The van der Waals surface area contributed by atoms with E-state index >= 15 is 0 Å². The van der Waals surface area contributed by atoms with Crippen LogP contribution in [0.5, 0.6) is 0 Å². The molecule has 0 spiro atoms. The minimum Gasteiger partial charge on any atom is -0.466 e. The lowest BCUT2D eigenvalue weighted by molar-refractivity contribution is -0.144. The fourth-order valence-electron chi connectivity index (χ4n) is 2.15.